The molecule has 0 spiro atoms. The Balaban J connectivity index is 1.92. The van der Waals surface area contributed by atoms with Crippen molar-refractivity contribution < 1.29 is 9.53 Å². The molecule has 3 heteroatoms. The Morgan fingerprint density at radius 2 is 2.11 bits per heavy atom. The lowest BCUT2D eigenvalue weighted by Gasteiger charge is -2.27. The zero-order valence-corrected chi connectivity index (χ0v) is 11.8. The first kappa shape index (κ1) is 14.1. The van der Waals surface area contributed by atoms with Gasteiger partial charge >= 0.3 is 0 Å². The molecule has 0 bridgehead atoms. The van der Waals surface area contributed by atoms with Gasteiger partial charge in [-0.05, 0) is 37.0 Å². The first-order chi connectivity index (χ1) is 9.06. The number of hydrogen-bond acceptors (Lipinski definition) is 3. The third kappa shape index (κ3) is 2.98. The number of methoxy groups -OCH3 is 1. The summed E-state index contributed by atoms with van der Waals surface area (Å²) in [5.41, 5.74) is 6.96. The van der Waals surface area contributed by atoms with Crippen molar-refractivity contribution in [1.82, 2.24) is 0 Å². The maximum atomic E-state index is 12.4. The molecule has 1 aliphatic rings. The minimum Gasteiger partial charge on any atom is -0.497 e. The molecule has 0 aliphatic heterocycles. The Labute approximate surface area is 115 Å². The minimum atomic E-state index is -0.299. The Bertz CT molecular complexity index is 441. The molecule has 2 rings (SSSR count). The van der Waals surface area contributed by atoms with Gasteiger partial charge in [-0.2, -0.15) is 0 Å². The Morgan fingerprint density at radius 3 is 2.63 bits per heavy atom. The number of Topliss-reactive ketones (excluding diaryl/α,β-unsaturated/α-hetero) is 1. The number of hydrogen-bond donors (Lipinski definition) is 1. The van der Waals surface area contributed by atoms with Crippen LogP contribution in [0.2, 0.25) is 0 Å². The number of carbonyl (C=O) groups is 1. The van der Waals surface area contributed by atoms with Gasteiger partial charge < -0.3 is 10.5 Å². The fraction of sp³-hybridized carbons (Fsp3) is 0.562. The molecule has 2 atom stereocenters. The van der Waals surface area contributed by atoms with Gasteiger partial charge in [-0.25, -0.2) is 0 Å². The fourth-order valence-corrected chi connectivity index (χ4v) is 2.87. The van der Waals surface area contributed by atoms with Crippen molar-refractivity contribution in [2.45, 2.75) is 45.1 Å². The first-order valence-corrected chi connectivity index (χ1v) is 6.98. The summed E-state index contributed by atoms with van der Waals surface area (Å²) < 4.78 is 5.12. The Hall–Kier alpha value is -1.35. The topological polar surface area (TPSA) is 52.3 Å². The molecular weight excluding hydrogens is 238 g/mol. The Morgan fingerprint density at radius 1 is 1.42 bits per heavy atom. The van der Waals surface area contributed by atoms with Crippen LogP contribution in [0.15, 0.2) is 24.3 Å². The van der Waals surface area contributed by atoms with Crippen LogP contribution in [0.4, 0.5) is 0 Å². The van der Waals surface area contributed by atoms with E-state index in [1.165, 1.54) is 5.56 Å². The van der Waals surface area contributed by atoms with Crippen LogP contribution in [-0.4, -0.2) is 18.9 Å². The number of carbonyl (C=O) groups excluding carboxylic acids is 1. The van der Waals surface area contributed by atoms with E-state index in [1.807, 2.05) is 31.2 Å². The molecule has 0 amide bonds. The third-order valence-corrected chi connectivity index (χ3v) is 4.47. The van der Waals surface area contributed by atoms with Gasteiger partial charge in [0.2, 0.25) is 0 Å². The van der Waals surface area contributed by atoms with Crippen LogP contribution in [0, 0.1) is 5.41 Å². The second-order valence-corrected chi connectivity index (χ2v) is 5.69. The van der Waals surface area contributed by atoms with E-state index >= 15 is 0 Å². The van der Waals surface area contributed by atoms with E-state index in [9.17, 15) is 4.79 Å². The van der Waals surface area contributed by atoms with Crippen LogP contribution in [0.3, 0.4) is 0 Å². The highest BCUT2D eigenvalue weighted by Gasteiger charge is 2.41. The summed E-state index contributed by atoms with van der Waals surface area (Å²) >= 11 is 0. The van der Waals surface area contributed by atoms with Crippen molar-refractivity contribution in [3.8, 4) is 5.75 Å². The lowest BCUT2D eigenvalue weighted by molar-refractivity contribution is -0.128. The predicted octanol–water partition coefficient (Wildman–Crippen LogP) is 2.71. The molecular formula is C16H23NO2. The average molecular weight is 261 g/mol. The monoisotopic (exact) mass is 261 g/mol. The van der Waals surface area contributed by atoms with E-state index in [4.69, 9.17) is 10.5 Å². The van der Waals surface area contributed by atoms with Crippen LogP contribution >= 0.6 is 0 Å². The molecule has 3 nitrogen and oxygen atoms in total. The van der Waals surface area contributed by atoms with Gasteiger partial charge in [0, 0.05) is 17.9 Å². The Kier molecular flexibility index (Phi) is 4.25. The molecule has 0 heterocycles. The summed E-state index contributed by atoms with van der Waals surface area (Å²) in [6.45, 7) is 2.03. The first-order valence-electron chi connectivity index (χ1n) is 6.98. The normalized spacial score (nSPS) is 26.4. The molecule has 1 fully saturated rings. The van der Waals surface area contributed by atoms with Crippen LogP contribution in [0.1, 0.15) is 38.2 Å². The SMILES string of the molecule is COc1ccc(CCC(=O)C2(C)CCCC2N)cc1. The number of nitrogens with two attached hydrogens (primary N) is 1. The molecule has 2 N–H and O–H groups in total. The molecule has 0 saturated heterocycles. The van der Waals surface area contributed by atoms with Crippen molar-refractivity contribution >= 4 is 5.78 Å². The average Bonchev–Trinajstić information content (AvgIpc) is 2.78. The number of benzene rings is 1. The largest absolute Gasteiger partial charge is 0.497 e. The van der Waals surface area contributed by atoms with Gasteiger partial charge in [-0.1, -0.05) is 25.5 Å². The van der Waals surface area contributed by atoms with E-state index in [1.54, 1.807) is 7.11 Å². The summed E-state index contributed by atoms with van der Waals surface area (Å²) in [4.78, 5) is 12.4. The smallest absolute Gasteiger partial charge is 0.140 e. The van der Waals surface area contributed by atoms with Crippen LogP contribution in [-0.2, 0) is 11.2 Å². The standard InChI is InChI=1S/C16H23NO2/c1-16(11-3-4-14(16)17)15(18)10-7-12-5-8-13(19-2)9-6-12/h5-6,8-9,14H,3-4,7,10-11,17H2,1-2H3. The predicted molar refractivity (Wildman–Crippen MR) is 76.3 cm³/mol. The van der Waals surface area contributed by atoms with Crippen LogP contribution < -0.4 is 10.5 Å². The second kappa shape index (κ2) is 5.74. The van der Waals surface area contributed by atoms with Gasteiger partial charge in [0.1, 0.15) is 11.5 Å². The van der Waals surface area contributed by atoms with Crippen LogP contribution in [0.25, 0.3) is 0 Å². The van der Waals surface area contributed by atoms with E-state index in [2.05, 4.69) is 0 Å². The quantitative estimate of drug-likeness (QED) is 0.886. The number of rotatable bonds is 5. The molecule has 19 heavy (non-hydrogen) atoms. The summed E-state index contributed by atoms with van der Waals surface area (Å²) in [5.74, 6) is 1.16. The summed E-state index contributed by atoms with van der Waals surface area (Å²) in [7, 11) is 1.65. The van der Waals surface area contributed by atoms with Gasteiger partial charge in [0.05, 0.1) is 7.11 Å². The fourth-order valence-electron chi connectivity index (χ4n) is 2.87. The van der Waals surface area contributed by atoms with Crippen molar-refractivity contribution in [3.63, 3.8) is 0 Å². The molecule has 1 aromatic carbocycles. The highest BCUT2D eigenvalue weighted by atomic mass is 16.5. The van der Waals surface area contributed by atoms with E-state index in [-0.39, 0.29) is 11.5 Å². The van der Waals surface area contributed by atoms with Gasteiger partial charge in [0.25, 0.3) is 0 Å². The van der Waals surface area contributed by atoms with Crippen molar-refractivity contribution in [2.24, 2.45) is 11.1 Å². The maximum absolute atomic E-state index is 12.4. The summed E-state index contributed by atoms with van der Waals surface area (Å²) in [6.07, 6.45) is 4.36. The number of ether oxygens (including phenoxy) is 1. The molecule has 1 aromatic rings. The second-order valence-electron chi connectivity index (χ2n) is 5.69. The van der Waals surface area contributed by atoms with Crippen molar-refractivity contribution in [1.29, 1.82) is 0 Å². The minimum absolute atomic E-state index is 0.0378. The summed E-state index contributed by atoms with van der Waals surface area (Å²) in [6, 6.07) is 7.94. The van der Waals surface area contributed by atoms with Gasteiger partial charge in [0.15, 0.2) is 0 Å². The van der Waals surface area contributed by atoms with E-state index < -0.39 is 0 Å². The number of aryl methyl sites for hydroxylation is 1. The third-order valence-electron chi connectivity index (χ3n) is 4.47. The zero-order valence-electron chi connectivity index (χ0n) is 11.8. The molecule has 2 unspecified atom stereocenters. The zero-order chi connectivity index (χ0) is 13.9. The number of ketones is 1. The molecule has 0 radical (unpaired) electrons. The molecule has 1 saturated carbocycles. The van der Waals surface area contributed by atoms with Gasteiger partial charge in [-0.15, -0.1) is 0 Å². The lowest BCUT2D eigenvalue weighted by atomic mass is 9.79. The molecule has 0 aromatic heterocycles. The molecule has 104 valence electrons. The van der Waals surface area contributed by atoms with Crippen LogP contribution in [0.5, 0.6) is 5.75 Å². The summed E-state index contributed by atoms with van der Waals surface area (Å²) in [5, 5.41) is 0. The lowest BCUT2D eigenvalue weighted by Crippen LogP contribution is -2.41. The van der Waals surface area contributed by atoms with Gasteiger partial charge in [-0.3, -0.25) is 4.79 Å². The highest BCUT2D eigenvalue weighted by Crippen LogP contribution is 2.38. The molecule has 1 aliphatic carbocycles. The van der Waals surface area contributed by atoms with E-state index in [0.717, 1.165) is 31.4 Å². The van der Waals surface area contributed by atoms with Crippen molar-refractivity contribution in [3.05, 3.63) is 29.8 Å². The maximum Gasteiger partial charge on any atom is 0.140 e. The van der Waals surface area contributed by atoms with E-state index in [0.29, 0.717) is 12.2 Å². The van der Waals surface area contributed by atoms with Crippen molar-refractivity contribution in [2.75, 3.05) is 7.11 Å². The highest BCUT2D eigenvalue weighted by molar-refractivity contribution is 5.85.